The highest BCUT2D eigenvalue weighted by molar-refractivity contribution is 6.03. The second-order valence-corrected chi connectivity index (χ2v) is 19.7. The molecule has 1 saturated carbocycles. The van der Waals surface area contributed by atoms with Crippen LogP contribution in [0.4, 0.5) is 17.1 Å². The van der Waals surface area contributed by atoms with Crippen LogP contribution in [-0.4, -0.2) is 0 Å². The third-order valence-corrected chi connectivity index (χ3v) is 13.4. The molecule has 0 unspecified atom stereocenters. The molecule has 2 aliphatic rings. The molecule has 0 bridgehead atoms. The molecular weight excluding hydrogens is 699 g/mol. The van der Waals surface area contributed by atoms with Gasteiger partial charge in [-0.1, -0.05) is 190 Å². The van der Waals surface area contributed by atoms with Gasteiger partial charge in [0, 0.05) is 22.4 Å². The smallest absolute Gasteiger partial charge is 0.0540 e. The molecule has 0 atom stereocenters. The molecule has 0 heterocycles. The van der Waals surface area contributed by atoms with Crippen molar-refractivity contribution in [2.45, 2.75) is 110 Å². The Morgan fingerprint density at radius 1 is 0.500 bits per heavy atom. The summed E-state index contributed by atoms with van der Waals surface area (Å²) in [6, 6.07) is 55.7. The van der Waals surface area contributed by atoms with Crippen LogP contribution < -0.4 is 4.90 Å². The van der Waals surface area contributed by atoms with Gasteiger partial charge in [0.2, 0.25) is 0 Å². The zero-order chi connectivity index (χ0) is 40.4. The minimum absolute atomic E-state index is 0.0205. The first-order chi connectivity index (χ1) is 27.8. The third kappa shape index (κ3) is 6.67. The van der Waals surface area contributed by atoms with Crippen LogP contribution in [-0.2, 0) is 16.2 Å². The van der Waals surface area contributed by atoms with Crippen molar-refractivity contribution in [1.82, 2.24) is 0 Å². The Morgan fingerprint density at radius 2 is 1.07 bits per heavy atom. The molecule has 0 radical (unpaired) electrons. The summed E-state index contributed by atoms with van der Waals surface area (Å²) in [5.41, 5.74) is 18.3. The molecule has 292 valence electrons. The average Bonchev–Trinajstić information content (AvgIpc) is 3.46. The van der Waals surface area contributed by atoms with Crippen LogP contribution in [0.25, 0.3) is 44.2 Å². The van der Waals surface area contributed by atoms with Crippen LogP contribution in [0.2, 0.25) is 0 Å². The van der Waals surface area contributed by atoms with Crippen molar-refractivity contribution >= 4 is 27.8 Å². The van der Waals surface area contributed by atoms with Gasteiger partial charge in [-0.15, -0.1) is 0 Å². The van der Waals surface area contributed by atoms with E-state index >= 15 is 0 Å². The van der Waals surface area contributed by atoms with Gasteiger partial charge in [0.25, 0.3) is 0 Å². The summed E-state index contributed by atoms with van der Waals surface area (Å²) in [4.78, 5) is 2.54. The van der Waals surface area contributed by atoms with Gasteiger partial charge in [-0.05, 0) is 126 Å². The zero-order valence-corrected chi connectivity index (χ0v) is 35.9. The fraction of sp³-hybridized carbons (Fsp3) is 0.298. The van der Waals surface area contributed by atoms with Crippen LogP contribution in [0.3, 0.4) is 0 Å². The van der Waals surface area contributed by atoms with E-state index in [9.17, 15) is 0 Å². The number of hydrogen-bond acceptors (Lipinski definition) is 1. The fourth-order valence-electron chi connectivity index (χ4n) is 10.1. The Morgan fingerprint density at radius 3 is 1.76 bits per heavy atom. The molecule has 58 heavy (non-hydrogen) atoms. The van der Waals surface area contributed by atoms with Crippen LogP contribution in [0.1, 0.15) is 121 Å². The van der Waals surface area contributed by atoms with Crippen molar-refractivity contribution in [3.05, 3.63) is 173 Å². The molecule has 1 fully saturated rings. The number of fused-ring (bicyclic) bond motifs is 4. The summed E-state index contributed by atoms with van der Waals surface area (Å²) in [6.45, 7) is 18.8. The van der Waals surface area contributed by atoms with E-state index in [0.29, 0.717) is 5.92 Å². The number of benzene rings is 7. The maximum Gasteiger partial charge on any atom is 0.0540 e. The first-order valence-corrected chi connectivity index (χ1v) is 21.7. The van der Waals surface area contributed by atoms with Gasteiger partial charge >= 0.3 is 0 Å². The Hall–Kier alpha value is -5.40. The van der Waals surface area contributed by atoms with E-state index < -0.39 is 0 Å². The molecule has 0 N–H and O–H groups in total. The van der Waals surface area contributed by atoms with E-state index in [-0.39, 0.29) is 16.2 Å². The highest BCUT2D eigenvalue weighted by Gasteiger charge is 2.36. The predicted octanol–water partition coefficient (Wildman–Crippen LogP) is 16.6. The highest BCUT2D eigenvalue weighted by Crippen LogP contribution is 2.53. The maximum absolute atomic E-state index is 2.54. The Balaban J connectivity index is 1.26. The van der Waals surface area contributed by atoms with Crippen molar-refractivity contribution in [3.8, 4) is 33.4 Å². The standard InChI is InChI=1S/C57H59N/c1-55(2,3)41-35-42(56(4,5)6)37-44(36-41)58(43-33-31-39(32-34-43)46-26-18-29-51-54(46)49-24-12-14-28-50(49)57(51,7)8)52-30-15-13-23-47(52)48-27-17-22-40-21-16-25-45(53(40)48)38-19-10-9-11-20-38/h12-18,21-38H,9-11,19-20H2,1-8H3. The summed E-state index contributed by atoms with van der Waals surface area (Å²) in [6.07, 6.45) is 6.54. The molecule has 9 rings (SSSR count). The lowest BCUT2D eigenvalue weighted by Crippen LogP contribution is -2.19. The van der Waals surface area contributed by atoms with E-state index in [1.54, 1.807) is 0 Å². The van der Waals surface area contributed by atoms with Gasteiger partial charge in [-0.2, -0.15) is 0 Å². The normalized spacial score (nSPS) is 15.3. The van der Waals surface area contributed by atoms with Crippen molar-refractivity contribution in [1.29, 1.82) is 0 Å². The van der Waals surface area contributed by atoms with Crippen molar-refractivity contribution in [3.63, 3.8) is 0 Å². The maximum atomic E-state index is 2.54. The van der Waals surface area contributed by atoms with Crippen molar-refractivity contribution in [2.75, 3.05) is 4.90 Å². The minimum Gasteiger partial charge on any atom is -0.310 e. The molecule has 0 amide bonds. The van der Waals surface area contributed by atoms with Gasteiger partial charge < -0.3 is 4.90 Å². The number of para-hydroxylation sites is 1. The van der Waals surface area contributed by atoms with Crippen molar-refractivity contribution < 1.29 is 0 Å². The highest BCUT2D eigenvalue weighted by atomic mass is 15.1. The van der Waals surface area contributed by atoms with Crippen LogP contribution in [0.15, 0.2) is 146 Å². The van der Waals surface area contributed by atoms with Gasteiger partial charge in [0.05, 0.1) is 5.69 Å². The number of hydrogen-bond donors (Lipinski definition) is 0. The SMILES string of the molecule is CC(C)(C)c1cc(N(c2ccc(-c3cccc4c3-c3ccccc3C4(C)C)cc2)c2ccccc2-c2cccc3cccc(C4CCCCC4)c23)cc(C(C)(C)C)c1. The lowest BCUT2D eigenvalue weighted by atomic mass is 9.80. The van der Waals surface area contributed by atoms with Crippen LogP contribution >= 0.6 is 0 Å². The quantitative estimate of drug-likeness (QED) is 0.163. The largest absolute Gasteiger partial charge is 0.310 e. The van der Waals surface area contributed by atoms with E-state index in [1.165, 1.54) is 115 Å². The van der Waals surface area contributed by atoms with E-state index in [4.69, 9.17) is 0 Å². The second kappa shape index (κ2) is 14.5. The lowest BCUT2D eigenvalue weighted by Gasteiger charge is -2.32. The molecule has 0 aliphatic heterocycles. The summed E-state index contributed by atoms with van der Waals surface area (Å²) in [5, 5.41) is 2.75. The van der Waals surface area contributed by atoms with Gasteiger partial charge in [-0.3, -0.25) is 0 Å². The lowest BCUT2D eigenvalue weighted by molar-refractivity contribution is 0.445. The molecule has 0 saturated heterocycles. The Labute approximate surface area is 347 Å². The Bertz CT molecular complexity index is 2600. The second-order valence-electron chi connectivity index (χ2n) is 19.7. The van der Waals surface area contributed by atoms with Gasteiger partial charge in [-0.25, -0.2) is 0 Å². The van der Waals surface area contributed by atoms with Crippen LogP contribution in [0, 0.1) is 0 Å². The average molecular weight is 758 g/mol. The Kier molecular flexibility index (Phi) is 9.50. The molecule has 2 aliphatic carbocycles. The van der Waals surface area contributed by atoms with E-state index in [0.717, 1.165) is 5.69 Å². The summed E-state index contributed by atoms with van der Waals surface area (Å²) < 4.78 is 0. The molecule has 7 aromatic rings. The summed E-state index contributed by atoms with van der Waals surface area (Å²) >= 11 is 0. The molecule has 1 heteroatoms. The first kappa shape index (κ1) is 38.1. The van der Waals surface area contributed by atoms with Gasteiger partial charge in [0.1, 0.15) is 0 Å². The fourth-order valence-corrected chi connectivity index (χ4v) is 10.1. The summed E-state index contributed by atoms with van der Waals surface area (Å²) in [5.74, 6) is 0.601. The third-order valence-electron chi connectivity index (χ3n) is 13.4. The van der Waals surface area contributed by atoms with E-state index in [1.807, 2.05) is 0 Å². The monoisotopic (exact) mass is 757 g/mol. The van der Waals surface area contributed by atoms with E-state index in [2.05, 4.69) is 206 Å². The molecule has 7 aromatic carbocycles. The topological polar surface area (TPSA) is 3.24 Å². The van der Waals surface area contributed by atoms with Gasteiger partial charge in [0.15, 0.2) is 0 Å². The van der Waals surface area contributed by atoms with Crippen LogP contribution in [0.5, 0.6) is 0 Å². The zero-order valence-electron chi connectivity index (χ0n) is 35.9. The molecule has 0 spiro atoms. The molecule has 0 aromatic heterocycles. The first-order valence-electron chi connectivity index (χ1n) is 21.7. The number of anilines is 3. The predicted molar refractivity (Wildman–Crippen MR) is 250 cm³/mol. The molecule has 1 nitrogen and oxygen atoms in total. The number of rotatable bonds is 6. The molecular formula is C57H59N. The minimum atomic E-state index is -0.0380. The summed E-state index contributed by atoms with van der Waals surface area (Å²) in [7, 11) is 0. The van der Waals surface area contributed by atoms with Crippen molar-refractivity contribution in [2.24, 2.45) is 0 Å². The number of nitrogens with zero attached hydrogens (tertiary/aromatic N) is 1.